The fourth-order valence-corrected chi connectivity index (χ4v) is 2.24. The van der Waals surface area contributed by atoms with E-state index in [1.165, 1.54) is 18.9 Å². The molecule has 1 aliphatic carbocycles. The molecule has 1 saturated carbocycles. The molecule has 0 bridgehead atoms. The molecule has 1 aromatic rings. The second-order valence-corrected chi connectivity index (χ2v) is 4.98. The molecule has 2 rings (SSSR count). The molecule has 0 heterocycles. The quantitative estimate of drug-likeness (QED) is 0.443. The number of phenolic OH excluding ortho intramolecular Hbond substituents is 3. The van der Waals surface area contributed by atoms with E-state index >= 15 is 0 Å². The van der Waals surface area contributed by atoms with E-state index in [-0.39, 0.29) is 11.5 Å². The second kappa shape index (κ2) is 6.12. The zero-order chi connectivity index (χ0) is 13.8. The first-order chi connectivity index (χ1) is 9.13. The molecule has 1 aliphatic rings. The number of benzene rings is 1. The van der Waals surface area contributed by atoms with Crippen LogP contribution in [-0.4, -0.2) is 45.9 Å². The van der Waals surface area contributed by atoms with Crippen LogP contribution < -0.4 is 5.32 Å². The van der Waals surface area contributed by atoms with Crippen LogP contribution >= 0.6 is 0 Å². The van der Waals surface area contributed by atoms with Gasteiger partial charge in [0.2, 0.25) is 5.75 Å². The monoisotopic (exact) mass is 266 g/mol. The number of rotatable bonds is 7. The van der Waals surface area contributed by atoms with Crippen LogP contribution in [0.15, 0.2) is 12.1 Å². The van der Waals surface area contributed by atoms with Gasteiger partial charge in [-0.15, -0.1) is 0 Å². The standard InChI is InChI=1S/C14H22N2O3/c1-2-16(11-4-5-11)8-7-15-9-10-3-6-12(17)14(19)13(10)18/h3,6,11,15,17-19H,2,4-5,7-9H2,1H3. The Labute approximate surface area is 113 Å². The highest BCUT2D eigenvalue weighted by Crippen LogP contribution is 2.36. The first kappa shape index (κ1) is 14.0. The molecule has 0 aliphatic heterocycles. The third kappa shape index (κ3) is 3.52. The molecule has 5 heteroatoms. The predicted octanol–water partition coefficient (Wildman–Crippen LogP) is 1.38. The summed E-state index contributed by atoms with van der Waals surface area (Å²) >= 11 is 0. The number of hydrogen-bond acceptors (Lipinski definition) is 5. The molecule has 1 fully saturated rings. The Bertz CT molecular complexity index is 433. The average Bonchev–Trinajstić information content (AvgIpc) is 3.23. The van der Waals surface area contributed by atoms with E-state index in [9.17, 15) is 15.3 Å². The third-order valence-corrected chi connectivity index (χ3v) is 3.57. The van der Waals surface area contributed by atoms with Crippen molar-refractivity contribution in [1.29, 1.82) is 0 Å². The van der Waals surface area contributed by atoms with E-state index in [4.69, 9.17) is 0 Å². The van der Waals surface area contributed by atoms with Crippen molar-refractivity contribution in [2.24, 2.45) is 0 Å². The average molecular weight is 266 g/mol. The summed E-state index contributed by atoms with van der Waals surface area (Å²) in [7, 11) is 0. The van der Waals surface area contributed by atoms with Crippen LogP contribution in [0, 0.1) is 0 Å². The first-order valence-electron chi connectivity index (χ1n) is 6.81. The lowest BCUT2D eigenvalue weighted by Gasteiger charge is -2.19. The van der Waals surface area contributed by atoms with E-state index in [2.05, 4.69) is 17.1 Å². The van der Waals surface area contributed by atoms with Gasteiger partial charge in [0.15, 0.2) is 11.5 Å². The van der Waals surface area contributed by atoms with Gasteiger partial charge in [0, 0.05) is 31.2 Å². The molecule has 5 nitrogen and oxygen atoms in total. The van der Waals surface area contributed by atoms with Gasteiger partial charge in [0.1, 0.15) is 0 Å². The highest BCUT2D eigenvalue weighted by Gasteiger charge is 2.26. The van der Waals surface area contributed by atoms with Crippen LogP contribution in [-0.2, 0) is 6.54 Å². The van der Waals surface area contributed by atoms with Gasteiger partial charge in [0.05, 0.1) is 0 Å². The molecule has 0 saturated heterocycles. The van der Waals surface area contributed by atoms with Gasteiger partial charge >= 0.3 is 0 Å². The maximum Gasteiger partial charge on any atom is 0.200 e. The summed E-state index contributed by atoms with van der Waals surface area (Å²) in [5.74, 6) is -0.998. The highest BCUT2D eigenvalue weighted by atomic mass is 16.3. The molecule has 0 aromatic heterocycles. The number of hydrogen-bond donors (Lipinski definition) is 4. The molecule has 0 unspecified atom stereocenters. The summed E-state index contributed by atoms with van der Waals surface area (Å²) in [4.78, 5) is 2.45. The minimum Gasteiger partial charge on any atom is -0.504 e. The van der Waals surface area contributed by atoms with Crippen molar-refractivity contribution in [2.75, 3.05) is 19.6 Å². The van der Waals surface area contributed by atoms with Crippen molar-refractivity contribution in [2.45, 2.75) is 32.4 Å². The van der Waals surface area contributed by atoms with E-state index in [0.717, 1.165) is 25.7 Å². The molecule has 0 amide bonds. The second-order valence-electron chi connectivity index (χ2n) is 4.98. The molecule has 0 spiro atoms. The molecular formula is C14H22N2O3. The largest absolute Gasteiger partial charge is 0.504 e. The summed E-state index contributed by atoms with van der Waals surface area (Å²) in [6.45, 7) is 5.54. The molecular weight excluding hydrogens is 244 g/mol. The number of phenols is 3. The SMILES string of the molecule is CCN(CCNCc1ccc(O)c(O)c1O)C1CC1. The van der Waals surface area contributed by atoms with Crippen molar-refractivity contribution < 1.29 is 15.3 Å². The van der Waals surface area contributed by atoms with Crippen molar-refractivity contribution in [3.8, 4) is 17.2 Å². The smallest absolute Gasteiger partial charge is 0.200 e. The van der Waals surface area contributed by atoms with Crippen LogP contribution in [0.4, 0.5) is 0 Å². The van der Waals surface area contributed by atoms with Crippen LogP contribution in [0.3, 0.4) is 0 Å². The highest BCUT2D eigenvalue weighted by molar-refractivity contribution is 5.52. The van der Waals surface area contributed by atoms with E-state index in [1.54, 1.807) is 6.07 Å². The Balaban J connectivity index is 1.77. The van der Waals surface area contributed by atoms with Crippen molar-refractivity contribution in [3.05, 3.63) is 17.7 Å². The third-order valence-electron chi connectivity index (χ3n) is 3.57. The normalized spacial score (nSPS) is 15.1. The van der Waals surface area contributed by atoms with Crippen molar-refractivity contribution in [1.82, 2.24) is 10.2 Å². The lowest BCUT2D eigenvalue weighted by Crippen LogP contribution is -2.33. The number of aromatic hydroxyl groups is 3. The van der Waals surface area contributed by atoms with Gasteiger partial charge in [0.25, 0.3) is 0 Å². The van der Waals surface area contributed by atoms with Gasteiger partial charge in [-0.1, -0.05) is 13.0 Å². The maximum atomic E-state index is 9.67. The van der Waals surface area contributed by atoms with Gasteiger partial charge in [-0.05, 0) is 25.5 Å². The van der Waals surface area contributed by atoms with Gasteiger partial charge in [-0.25, -0.2) is 0 Å². The predicted molar refractivity (Wildman–Crippen MR) is 73.4 cm³/mol. The zero-order valence-electron chi connectivity index (χ0n) is 11.3. The Hall–Kier alpha value is -1.46. The summed E-state index contributed by atoms with van der Waals surface area (Å²) in [6, 6.07) is 3.75. The minimum atomic E-state index is -0.451. The Morgan fingerprint density at radius 1 is 1.21 bits per heavy atom. The zero-order valence-corrected chi connectivity index (χ0v) is 11.3. The fourth-order valence-electron chi connectivity index (χ4n) is 2.24. The number of likely N-dealkylation sites (N-methyl/N-ethyl adjacent to an activating group) is 1. The summed E-state index contributed by atoms with van der Waals surface area (Å²) in [5, 5.41) is 31.6. The van der Waals surface area contributed by atoms with Crippen LogP contribution in [0.5, 0.6) is 17.2 Å². The Morgan fingerprint density at radius 3 is 2.58 bits per heavy atom. The summed E-state index contributed by atoms with van der Waals surface area (Å²) < 4.78 is 0. The molecule has 106 valence electrons. The molecule has 19 heavy (non-hydrogen) atoms. The Morgan fingerprint density at radius 2 is 1.95 bits per heavy atom. The van der Waals surface area contributed by atoms with Crippen LogP contribution in [0.2, 0.25) is 0 Å². The van der Waals surface area contributed by atoms with Crippen molar-refractivity contribution in [3.63, 3.8) is 0 Å². The number of nitrogens with zero attached hydrogens (tertiary/aromatic N) is 1. The van der Waals surface area contributed by atoms with Gasteiger partial charge in [-0.2, -0.15) is 0 Å². The Kier molecular flexibility index (Phi) is 4.50. The molecule has 4 N–H and O–H groups in total. The summed E-state index contributed by atoms with van der Waals surface area (Å²) in [5.41, 5.74) is 0.588. The van der Waals surface area contributed by atoms with Gasteiger partial charge in [-0.3, -0.25) is 4.90 Å². The molecule has 1 aromatic carbocycles. The van der Waals surface area contributed by atoms with Crippen LogP contribution in [0.1, 0.15) is 25.3 Å². The fraction of sp³-hybridized carbons (Fsp3) is 0.571. The number of nitrogens with one attached hydrogen (secondary N) is 1. The first-order valence-corrected chi connectivity index (χ1v) is 6.81. The molecule has 0 atom stereocenters. The lowest BCUT2D eigenvalue weighted by atomic mass is 10.1. The topological polar surface area (TPSA) is 76.0 Å². The van der Waals surface area contributed by atoms with Gasteiger partial charge < -0.3 is 20.6 Å². The van der Waals surface area contributed by atoms with E-state index < -0.39 is 5.75 Å². The van der Waals surface area contributed by atoms with E-state index in [0.29, 0.717) is 12.1 Å². The minimum absolute atomic E-state index is 0.248. The maximum absolute atomic E-state index is 9.67. The lowest BCUT2D eigenvalue weighted by molar-refractivity contribution is 0.276. The van der Waals surface area contributed by atoms with Crippen molar-refractivity contribution >= 4 is 0 Å². The van der Waals surface area contributed by atoms with E-state index in [1.807, 2.05) is 0 Å². The van der Waals surface area contributed by atoms with Crippen LogP contribution in [0.25, 0.3) is 0 Å². The summed E-state index contributed by atoms with van der Waals surface area (Å²) in [6.07, 6.45) is 2.61. The molecule has 0 radical (unpaired) electrons.